The van der Waals surface area contributed by atoms with Crippen molar-refractivity contribution in [3.8, 4) is 11.1 Å². The van der Waals surface area contributed by atoms with Gasteiger partial charge >= 0.3 is 12.1 Å². The fourth-order valence-electron chi connectivity index (χ4n) is 3.50. The van der Waals surface area contributed by atoms with E-state index in [-0.39, 0.29) is 36.3 Å². The number of fused-ring (bicyclic) bond motifs is 3. The summed E-state index contributed by atoms with van der Waals surface area (Å²) in [7, 11) is 0. The fraction of sp³-hybridized carbons (Fsp3) is 0.292. The zero-order valence-corrected chi connectivity index (χ0v) is 18.6. The molecule has 0 unspecified atom stereocenters. The molecule has 7 nitrogen and oxygen atoms in total. The van der Waals surface area contributed by atoms with E-state index in [1.807, 2.05) is 24.3 Å². The molecule has 2 aromatic carbocycles. The molecule has 2 amide bonds. The second-order valence-corrected chi connectivity index (χ2v) is 8.41. The molecule has 0 aromatic heterocycles. The van der Waals surface area contributed by atoms with Gasteiger partial charge < -0.3 is 20.5 Å². The zero-order chi connectivity index (χ0) is 22.9. The lowest BCUT2D eigenvalue weighted by Gasteiger charge is -2.14. The Bertz CT molecular complexity index is 975. The van der Waals surface area contributed by atoms with E-state index in [1.54, 1.807) is 0 Å². The lowest BCUT2D eigenvalue weighted by atomic mass is 9.98. The van der Waals surface area contributed by atoms with E-state index in [0.717, 1.165) is 11.1 Å². The second-order valence-electron chi connectivity index (χ2n) is 7.30. The predicted octanol–water partition coefficient (Wildman–Crippen LogP) is 3.41. The average molecular weight is 455 g/mol. The molecule has 2 aromatic rings. The Morgan fingerprint density at radius 2 is 1.66 bits per heavy atom. The number of carbonyl (C=O) groups is 3. The lowest BCUT2D eigenvalue weighted by Crippen LogP contribution is -2.29. The van der Waals surface area contributed by atoms with Gasteiger partial charge in [0, 0.05) is 30.3 Å². The molecular weight excluding hydrogens is 428 g/mol. The standard InChI is InChI=1S/C24H26N2O5S/c1-16(23(28)29)10-11-25-22(27)15-32-13-12-26-24(30)31-14-21-19-8-4-2-6-17(19)18-7-3-5-9-20(18)21/h2-10,21H,11-15H2,1H3,(H,25,27)(H,26,30)(H,28,29)/b16-10+. The van der Waals surface area contributed by atoms with Gasteiger partial charge in [-0.2, -0.15) is 11.8 Å². The summed E-state index contributed by atoms with van der Waals surface area (Å²) in [6.07, 6.45) is 0.968. The van der Waals surface area contributed by atoms with Crippen molar-refractivity contribution in [1.82, 2.24) is 10.6 Å². The van der Waals surface area contributed by atoms with E-state index < -0.39 is 12.1 Å². The minimum atomic E-state index is -1.01. The van der Waals surface area contributed by atoms with Gasteiger partial charge in [0.05, 0.1) is 5.75 Å². The SMILES string of the molecule is C/C(=C\CNC(=O)CSCCNC(=O)OCC1c2ccccc2-c2ccccc21)C(=O)O. The van der Waals surface area contributed by atoms with Crippen LogP contribution < -0.4 is 10.6 Å². The Labute approximate surface area is 191 Å². The molecule has 0 atom stereocenters. The van der Waals surface area contributed by atoms with Gasteiger partial charge in [-0.25, -0.2) is 9.59 Å². The molecule has 8 heteroatoms. The number of nitrogens with one attached hydrogen (secondary N) is 2. The van der Waals surface area contributed by atoms with Crippen LogP contribution in [0.2, 0.25) is 0 Å². The van der Waals surface area contributed by atoms with E-state index in [1.165, 1.54) is 35.9 Å². The number of carbonyl (C=O) groups excluding carboxylic acids is 2. The number of carboxylic acid groups (broad SMARTS) is 1. The van der Waals surface area contributed by atoms with Crippen molar-refractivity contribution in [3.63, 3.8) is 0 Å². The molecule has 32 heavy (non-hydrogen) atoms. The van der Waals surface area contributed by atoms with Gasteiger partial charge in [-0.05, 0) is 29.2 Å². The van der Waals surface area contributed by atoms with Crippen LogP contribution in [0.5, 0.6) is 0 Å². The highest BCUT2D eigenvalue weighted by Crippen LogP contribution is 2.44. The molecule has 0 saturated heterocycles. The van der Waals surface area contributed by atoms with Crippen LogP contribution in [0.15, 0.2) is 60.2 Å². The van der Waals surface area contributed by atoms with Crippen LogP contribution in [0.25, 0.3) is 11.1 Å². The molecule has 168 valence electrons. The first-order chi connectivity index (χ1) is 15.5. The van der Waals surface area contributed by atoms with Gasteiger partial charge in [-0.1, -0.05) is 54.6 Å². The number of alkyl carbamates (subject to hydrolysis) is 1. The summed E-state index contributed by atoms with van der Waals surface area (Å²) in [5.41, 5.74) is 4.87. The van der Waals surface area contributed by atoms with Crippen LogP contribution >= 0.6 is 11.8 Å². The molecule has 0 heterocycles. The van der Waals surface area contributed by atoms with Crippen molar-refractivity contribution in [3.05, 3.63) is 71.3 Å². The van der Waals surface area contributed by atoms with Gasteiger partial charge in [0.25, 0.3) is 0 Å². The van der Waals surface area contributed by atoms with Crippen LogP contribution in [-0.2, 0) is 14.3 Å². The number of aliphatic carboxylic acids is 1. The maximum Gasteiger partial charge on any atom is 0.407 e. The first-order valence-electron chi connectivity index (χ1n) is 10.3. The Morgan fingerprint density at radius 1 is 1.03 bits per heavy atom. The molecule has 1 aliphatic carbocycles. The van der Waals surface area contributed by atoms with E-state index in [2.05, 4.69) is 34.9 Å². The second kappa shape index (κ2) is 11.4. The average Bonchev–Trinajstić information content (AvgIpc) is 3.11. The molecule has 0 radical (unpaired) electrons. The number of carboxylic acids is 1. The summed E-state index contributed by atoms with van der Waals surface area (Å²) in [5, 5.41) is 14.1. The highest BCUT2D eigenvalue weighted by molar-refractivity contribution is 7.99. The Balaban J connectivity index is 1.35. The summed E-state index contributed by atoms with van der Waals surface area (Å²) in [4.78, 5) is 34.5. The van der Waals surface area contributed by atoms with Gasteiger partial charge in [-0.15, -0.1) is 0 Å². The minimum absolute atomic E-state index is 0.0186. The van der Waals surface area contributed by atoms with Gasteiger partial charge in [-0.3, -0.25) is 4.79 Å². The third-order valence-corrected chi connectivity index (χ3v) is 6.10. The summed E-state index contributed by atoms with van der Waals surface area (Å²) >= 11 is 1.37. The van der Waals surface area contributed by atoms with Crippen molar-refractivity contribution in [2.45, 2.75) is 12.8 Å². The monoisotopic (exact) mass is 454 g/mol. The van der Waals surface area contributed by atoms with E-state index >= 15 is 0 Å². The van der Waals surface area contributed by atoms with Crippen LogP contribution in [0.1, 0.15) is 24.0 Å². The molecule has 0 bridgehead atoms. The number of ether oxygens (including phenoxy) is 1. The molecule has 0 saturated carbocycles. The van der Waals surface area contributed by atoms with Crippen molar-refractivity contribution in [1.29, 1.82) is 0 Å². The Kier molecular flexibility index (Phi) is 8.33. The third-order valence-electron chi connectivity index (χ3n) is 5.14. The summed E-state index contributed by atoms with van der Waals surface area (Å²) < 4.78 is 5.47. The molecule has 0 spiro atoms. The Morgan fingerprint density at radius 3 is 2.28 bits per heavy atom. The molecular formula is C24H26N2O5S. The summed E-state index contributed by atoms with van der Waals surface area (Å²) in [6.45, 7) is 2.29. The van der Waals surface area contributed by atoms with Crippen molar-refractivity contribution in [2.24, 2.45) is 0 Å². The van der Waals surface area contributed by atoms with Crippen molar-refractivity contribution >= 4 is 29.7 Å². The van der Waals surface area contributed by atoms with E-state index in [4.69, 9.17) is 9.84 Å². The maximum absolute atomic E-state index is 12.1. The maximum atomic E-state index is 12.1. The number of hydrogen-bond acceptors (Lipinski definition) is 5. The van der Waals surface area contributed by atoms with Crippen LogP contribution in [0.4, 0.5) is 4.79 Å². The fourth-order valence-corrected chi connectivity index (χ4v) is 4.17. The minimum Gasteiger partial charge on any atom is -0.478 e. The number of benzene rings is 2. The van der Waals surface area contributed by atoms with Gasteiger partial charge in [0.15, 0.2) is 0 Å². The first-order valence-corrected chi connectivity index (χ1v) is 11.5. The summed E-state index contributed by atoms with van der Waals surface area (Å²) in [6, 6.07) is 16.3. The summed E-state index contributed by atoms with van der Waals surface area (Å²) in [5.74, 6) is -0.392. The van der Waals surface area contributed by atoms with Crippen molar-refractivity contribution in [2.75, 3.05) is 31.2 Å². The number of hydrogen-bond donors (Lipinski definition) is 3. The quantitative estimate of drug-likeness (QED) is 0.375. The Hall–Kier alpha value is -3.26. The normalized spacial score (nSPS) is 12.6. The molecule has 3 rings (SSSR count). The predicted molar refractivity (Wildman–Crippen MR) is 125 cm³/mol. The molecule has 1 aliphatic rings. The largest absolute Gasteiger partial charge is 0.478 e. The lowest BCUT2D eigenvalue weighted by molar-refractivity contribution is -0.132. The topological polar surface area (TPSA) is 105 Å². The smallest absolute Gasteiger partial charge is 0.407 e. The molecule has 3 N–H and O–H groups in total. The number of rotatable bonds is 10. The number of thioether (sulfide) groups is 1. The zero-order valence-electron chi connectivity index (χ0n) is 17.8. The van der Waals surface area contributed by atoms with Crippen molar-refractivity contribution < 1.29 is 24.2 Å². The van der Waals surface area contributed by atoms with Crippen LogP contribution in [0, 0.1) is 0 Å². The first kappa shape index (κ1) is 23.4. The van der Waals surface area contributed by atoms with Crippen LogP contribution in [-0.4, -0.2) is 54.3 Å². The van der Waals surface area contributed by atoms with Gasteiger partial charge in [0.1, 0.15) is 6.61 Å². The number of amides is 2. The van der Waals surface area contributed by atoms with E-state index in [0.29, 0.717) is 12.3 Å². The molecule has 0 fully saturated rings. The highest BCUT2D eigenvalue weighted by Gasteiger charge is 2.28. The highest BCUT2D eigenvalue weighted by atomic mass is 32.2. The van der Waals surface area contributed by atoms with Gasteiger partial charge in [0.2, 0.25) is 5.91 Å². The molecule has 0 aliphatic heterocycles. The van der Waals surface area contributed by atoms with E-state index in [9.17, 15) is 14.4 Å². The third kappa shape index (κ3) is 6.13. The van der Waals surface area contributed by atoms with Crippen LogP contribution in [0.3, 0.4) is 0 Å².